The Morgan fingerprint density at radius 3 is 2.17 bits per heavy atom. The number of anilines is 1. The summed E-state index contributed by atoms with van der Waals surface area (Å²) in [6, 6.07) is 16.5. The normalized spacial score (nSPS) is 12.8. The summed E-state index contributed by atoms with van der Waals surface area (Å²) in [5.74, 6) is -1.33. The standard InChI is InChI=1S/C21H11IN2O5/c22-14-2-1-3-16(11-14)23-20(26)17-9-6-13(10-18(17)21(23)27)19(25)12-4-7-15(8-5-12)24(28)29/h1-11H. The van der Waals surface area contributed by atoms with Crippen LogP contribution < -0.4 is 4.90 Å². The van der Waals surface area contributed by atoms with Gasteiger partial charge in [0.1, 0.15) is 0 Å². The summed E-state index contributed by atoms with van der Waals surface area (Å²) in [6.07, 6.45) is 0. The predicted octanol–water partition coefficient (Wildman–Crippen LogP) is 4.23. The molecule has 0 aliphatic carbocycles. The molecule has 1 aliphatic rings. The zero-order valence-corrected chi connectivity index (χ0v) is 16.8. The topological polar surface area (TPSA) is 97.6 Å². The molecule has 1 aliphatic heterocycles. The fraction of sp³-hybridized carbons (Fsp3) is 0. The van der Waals surface area contributed by atoms with Crippen molar-refractivity contribution in [3.63, 3.8) is 0 Å². The average Bonchev–Trinajstić information content (AvgIpc) is 2.97. The molecule has 0 aromatic heterocycles. The number of hydrogen-bond acceptors (Lipinski definition) is 5. The summed E-state index contributed by atoms with van der Waals surface area (Å²) in [5.41, 5.74) is 1.21. The molecular formula is C21H11IN2O5. The molecule has 0 saturated carbocycles. The third-order valence-electron chi connectivity index (χ3n) is 4.56. The van der Waals surface area contributed by atoms with Crippen molar-refractivity contribution in [2.75, 3.05) is 4.90 Å². The molecule has 0 radical (unpaired) electrons. The highest BCUT2D eigenvalue weighted by atomic mass is 127. The highest BCUT2D eigenvalue weighted by molar-refractivity contribution is 14.1. The van der Waals surface area contributed by atoms with Crippen LogP contribution in [0.1, 0.15) is 36.6 Å². The fourth-order valence-electron chi connectivity index (χ4n) is 3.13. The lowest BCUT2D eigenvalue weighted by atomic mass is 9.99. The third kappa shape index (κ3) is 3.31. The van der Waals surface area contributed by atoms with Crippen molar-refractivity contribution in [3.8, 4) is 0 Å². The van der Waals surface area contributed by atoms with Gasteiger partial charge < -0.3 is 0 Å². The number of nitro benzene ring substituents is 1. The van der Waals surface area contributed by atoms with Crippen molar-refractivity contribution in [3.05, 3.63) is 103 Å². The first-order valence-electron chi connectivity index (χ1n) is 8.44. The molecule has 8 heteroatoms. The Kier molecular flexibility index (Phi) is 4.71. The monoisotopic (exact) mass is 498 g/mol. The van der Waals surface area contributed by atoms with E-state index in [1.54, 1.807) is 18.2 Å². The molecule has 0 atom stereocenters. The van der Waals surface area contributed by atoms with Crippen molar-refractivity contribution >= 4 is 51.6 Å². The summed E-state index contributed by atoms with van der Waals surface area (Å²) in [7, 11) is 0. The van der Waals surface area contributed by atoms with Crippen molar-refractivity contribution in [1.29, 1.82) is 0 Å². The highest BCUT2D eigenvalue weighted by Gasteiger charge is 2.37. The van der Waals surface area contributed by atoms with Crippen LogP contribution in [0.3, 0.4) is 0 Å². The van der Waals surface area contributed by atoms with Crippen LogP contribution >= 0.6 is 22.6 Å². The van der Waals surface area contributed by atoms with Crippen LogP contribution in [0.2, 0.25) is 0 Å². The van der Waals surface area contributed by atoms with Crippen LogP contribution in [0.5, 0.6) is 0 Å². The van der Waals surface area contributed by atoms with Crippen molar-refractivity contribution in [2.45, 2.75) is 0 Å². The number of halogens is 1. The summed E-state index contributed by atoms with van der Waals surface area (Å²) in [4.78, 5) is 49.6. The van der Waals surface area contributed by atoms with E-state index in [0.717, 1.165) is 8.47 Å². The van der Waals surface area contributed by atoms with Gasteiger partial charge in [-0.25, -0.2) is 4.90 Å². The van der Waals surface area contributed by atoms with Crippen molar-refractivity contribution in [2.24, 2.45) is 0 Å². The van der Waals surface area contributed by atoms with Crippen LogP contribution in [0.25, 0.3) is 0 Å². The molecule has 0 spiro atoms. The minimum atomic E-state index is -0.548. The lowest BCUT2D eigenvalue weighted by molar-refractivity contribution is -0.384. The van der Waals surface area contributed by atoms with Crippen LogP contribution in [-0.2, 0) is 0 Å². The summed E-state index contributed by atoms with van der Waals surface area (Å²) < 4.78 is 0.880. The van der Waals surface area contributed by atoms with Gasteiger partial charge in [-0.2, -0.15) is 0 Å². The Morgan fingerprint density at radius 1 is 0.862 bits per heavy atom. The second-order valence-electron chi connectivity index (χ2n) is 6.32. The third-order valence-corrected chi connectivity index (χ3v) is 5.23. The number of fused-ring (bicyclic) bond motifs is 1. The zero-order chi connectivity index (χ0) is 20.7. The molecule has 0 fully saturated rings. The van der Waals surface area contributed by atoms with Gasteiger partial charge in [-0.15, -0.1) is 0 Å². The number of benzene rings is 3. The number of carbonyl (C=O) groups is 3. The van der Waals surface area contributed by atoms with E-state index < -0.39 is 22.5 Å². The number of non-ortho nitro benzene ring substituents is 1. The molecule has 3 aromatic carbocycles. The fourth-order valence-corrected chi connectivity index (χ4v) is 3.66. The number of carbonyl (C=O) groups excluding carboxylic acids is 3. The first-order valence-corrected chi connectivity index (χ1v) is 9.52. The number of amides is 2. The minimum Gasteiger partial charge on any atom is -0.289 e. The summed E-state index contributed by atoms with van der Waals surface area (Å²) in [5, 5.41) is 10.8. The van der Waals surface area contributed by atoms with Gasteiger partial charge in [0.05, 0.1) is 21.7 Å². The number of ketones is 1. The Bertz CT molecular complexity index is 1200. The van der Waals surface area contributed by atoms with Gasteiger partial charge in [0.2, 0.25) is 0 Å². The van der Waals surface area contributed by atoms with E-state index in [1.165, 1.54) is 42.5 Å². The maximum atomic E-state index is 12.9. The maximum Gasteiger partial charge on any atom is 0.269 e. The van der Waals surface area contributed by atoms with E-state index >= 15 is 0 Å². The Morgan fingerprint density at radius 2 is 1.52 bits per heavy atom. The van der Waals surface area contributed by atoms with Gasteiger partial charge >= 0.3 is 0 Å². The van der Waals surface area contributed by atoms with E-state index in [0.29, 0.717) is 5.69 Å². The molecule has 0 N–H and O–H groups in total. The molecular weight excluding hydrogens is 487 g/mol. The van der Waals surface area contributed by atoms with Crippen molar-refractivity contribution < 1.29 is 19.3 Å². The molecule has 3 aromatic rings. The quantitative estimate of drug-likeness (QED) is 0.176. The minimum absolute atomic E-state index is 0.121. The SMILES string of the molecule is O=C(c1ccc([N+](=O)[O-])cc1)c1ccc2c(c1)C(=O)N(c1cccc(I)c1)C2=O. The number of nitrogens with zero attached hydrogens (tertiary/aromatic N) is 2. The first-order chi connectivity index (χ1) is 13.9. The van der Waals surface area contributed by atoms with E-state index in [-0.39, 0.29) is 27.9 Å². The zero-order valence-electron chi connectivity index (χ0n) is 14.7. The molecule has 2 amide bonds. The number of rotatable bonds is 4. The van der Waals surface area contributed by atoms with E-state index in [9.17, 15) is 24.5 Å². The molecule has 29 heavy (non-hydrogen) atoms. The average molecular weight is 498 g/mol. The van der Waals surface area contributed by atoms with Crippen LogP contribution in [0.4, 0.5) is 11.4 Å². The molecule has 0 bridgehead atoms. The van der Waals surface area contributed by atoms with Gasteiger partial charge in [0, 0.05) is 26.8 Å². The number of hydrogen-bond donors (Lipinski definition) is 0. The maximum absolute atomic E-state index is 12.9. The largest absolute Gasteiger partial charge is 0.289 e. The molecule has 1 heterocycles. The van der Waals surface area contributed by atoms with Gasteiger partial charge in [0.25, 0.3) is 17.5 Å². The lowest BCUT2D eigenvalue weighted by Crippen LogP contribution is -2.29. The molecule has 0 unspecified atom stereocenters. The highest BCUT2D eigenvalue weighted by Crippen LogP contribution is 2.30. The molecule has 7 nitrogen and oxygen atoms in total. The van der Waals surface area contributed by atoms with Gasteiger partial charge in [-0.05, 0) is 65.1 Å². The number of nitro groups is 1. The van der Waals surface area contributed by atoms with Gasteiger partial charge in [0.15, 0.2) is 5.78 Å². The predicted molar refractivity (Wildman–Crippen MR) is 113 cm³/mol. The van der Waals surface area contributed by atoms with E-state index in [4.69, 9.17) is 0 Å². The van der Waals surface area contributed by atoms with E-state index in [1.807, 2.05) is 6.07 Å². The summed E-state index contributed by atoms with van der Waals surface area (Å²) in [6.45, 7) is 0. The second kappa shape index (κ2) is 7.21. The van der Waals surface area contributed by atoms with Gasteiger partial charge in [-0.3, -0.25) is 24.5 Å². The Hall–Kier alpha value is -3.40. The first kappa shape index (κ1) is 18.9. The molecule has 4 rings (SSSR count). The molecule has 0 saturated heterocycles. The lowest BCUT2D eigenvalue weighted by Gasteiger charge is -2.13. The second-order valence-corrected chi connectivity index (χ2v) is 7.56. The van der Waals surface area contributed by atoms with Crippen molar-refractivity contribution in [1.82, 2.24) is 0 Å². The summed E-state index contributed by atoms with van der Waals surface area (Å²) >= 11 is 2.10. The van der Waals surface area contributed by atoms with Crippen LogP contribution in [0.15, 0.2) is 66.7 Å². The Balaban J connectivity index is 1.68. The smallest absolute Gasteiger partial charge is 0.269 e. The van der Waals surface area contributed by atoms with Crippen LogP contribution in [-0.4, -0.2) is 22.5 Å². The number of imide groups is 1. The van der Waals surface area contributed by atoms with Crippen LogP contribution in [0, 0.1) is 13.7 Å². The Labute approximate surface area is 178 Å². The van der Waals surface area contributed by atoms with E-state index in [2.05, 4.69) is 22.6 Å². The molecule has 142 valence electrons. The van der Waals surface area contributed by atoms with Gasteiger partial charge in [-0.1, -0.05) is 12.1 Å².